The molecule has 2 heterocycles. The molecule has 0 saturated carbocycles. The Kier molecular flexibility index (Phi) is 5.12. The maximum absolute atomic E-state index is 12.0. The molecule has 1 aromatic carbocycles. The molecule has 2 aromatic rings. The zero-order valence-corrected chi connectivity index (χ0v) is 13.8. The lowest BCUT2D eigenvalue weighted by atomic mass is 10.2. The van der Waals surface area contributed by atoms with Gasteiger partial charge in [-0.15, -0.1) is 0 Å². The Morgan fingerprint density at radius 1 is 1.15 bits per heavy atom. The Labute approximate surface area is 148 Å². The van der Waals surface area contributed by atoms with Crippen molar-refractivity contribution < 1.29 is 28.3 Å². The van der Waals surface area contributed by atoms with Crippen LogP contribution in [-0.2, 0) is 14.3 Å². The number of furan rings is 1. The molecule has 0 radical (unpaired) electrons. The number of carbonyl (C=O) groups excluding carboxylic acids is 4. The third kappa shape index (κ3) is 3.97. The number of imide groups is 1. The summed E-state index contributed by atoms with van der Waals surface area (Å²) in [7, 11) is 0. The van der Waals surface area contributed by atoms with Gasteiger partial charge in [0.2, 0.25) is 5.91 Å². The third-order valence-corrected chi connectivity index (χ3v) is 3.82. The Balaban J connectivity index is 1.52. The van der Waals surface area contributed by atoms with Crippen molar-refractivity contribution in [3.63, 3.8) is 0 Å². The molecule has 26 heavy (non-hydrogen) atoms. The average molecular weight is 356 g/mol. The first-order chi connectivity index (χ1) is 12.5. The zero-order valence-electron chi connectivity index (χ0n) is 13.8. The largest absolute Gasteiger partial charge is 0.459 e. The average Bonchev–Trinajstić information content (AvgIpc) is 3.31. The summed E-state index contributed by atoms with van der Waals surface area (Å²) in [6.45, 7) is -0.124. The van der Waals surface area contributed by atoms with Crippen molar-refractivity contribution in [3.8, 4) is 0 Å². The number of esters is 1. The molecule has 0 spiro atoms. The van der Waals surface area contributed by atoms with Crippen molar-refractivity contribution in [2.75, 3.05) is 18.5 Å². The molecule has 1 saturated heterocycles. The van der Waals surface area contributed by atoms with E-state index in [1.165, 1.54) is 36.6 Å². The van der Waals surface area contributed by atoms with Gasteiger partial charge in [-0.25, -0.2) is 4.79 Å². The summed E-state index contributed by atoms with van der Waals surface area (Å²) < 4.78 is 9.93. The molecule has 8 heteroatoms. The number of nitrogens with one attached hydrogen (secondary N) is 1. The van der Waals surface area contributed by atoms with Crippen LogP contribution in [0, 0.1) is 0 Å². The summed E-state index contributed by atoms with van der Waals surface area (Å²) in [5.41, 5.74) is 0.697. The highest BCUT2D eigenvalue weighted by Crippen LogP contribution is 2.13. The van der Waals surface area contributed by atoms with Gasteiger partial charge in [0.25, 0.3) is 11.8 Å². The van der Waals surface area contributed by atoms with Gasteiger partial charge in [0.1, 0.15) is 0 Å². The van der Waals surface area contributed by atoms with E-state index in [0.29, 0.717) is 25.1 Å². The standard InChI is InChI=1S/C18H16N2O6/c21-15-4-1-9-20(15)16(22)11-26-18(24)12-5-7-13(8-6-12)19-17(23)14-3-2-10-25-14/h2-3,5-8,10H,1,4,9,11H2,(H,19,23). The van der Waals surface area contributed by atoms with Crippen LogP contribution in [0.25, 0.3) is 0 Å². The third-order valence-electron chi connectivity index (χ3n) is 3.82. The quantitative estimate of drug-likeness (QED) is 0.820. The summed E-state index contributed by atoms with van der Waals surface area (Å²) in [6.07, 6.45) is 2.36. The van der Waals surface area contributed by atoms with Crippen molar-refractivity contribution in [2.45, 2.75) is 12.8 Å². The van der Waals surface area contributed by atoms with Gasteiger partial charge in [-0.2, -0.15) is 0 Å². The fraction of sp³-hybridized carbons (Fsp3) is 0.222. The molecule has 1 N–H and O–H groups in total. The van der Waals surface area contributed by atoms with E-state index in [1.54, 1.807) is 6.07 Å². The number of anilines is 1. The van der Waals surface area contributed by atoms with E-state index in [4.69, 9.17) is 9.15 Å². The first kappa shape index (κ1) is 17.4. The molecule has 1 fully saturated rings. The molecule has 0 atom stereocenters. The van der Waals surface area contributed by atoms with Crippen LogP contribution in [0.15, 0.2) is 47.1 Å². The molecule has 0 bridgehead atoms. The Bertz CT molecular complexity index is 826. The minimum atomic E-state index is -0.686. The van der Waals surface area contributed by atoms with Crippen LogP contribution >= 0.6 is 0 Å². The topological polar surface area (TPSA) is 106 Å². The molecule has 3 rings (SSSR count). The molecule has 0 unspecified atom stereocenters. The van der Waals surface area contributed by atoms with Gasteiger partial charge in [0, 0.05) is 18.7 Å². The first-order valence-corrected chi connectivity index (χ1v) is 8.00. The van der Waals surface area contributed by atoms with Crippen LogP contribution in [0.1, 0.15) is 33.8 Å². The van der Waals surface area contributed by atoms with E-state index in [1.807, 2.05) is 0 Å². The smallest absolute Gasteiger partial charge is 0.338 e. The summed E-state index contributed by atoms with van der Waals surface area (Å²) in [6, 6.07) is 9.12. The van der Waals surface area contributed by atoms with Crippen LogP contribution in [0.2, 0.25) is 0 Å². The van der Waals surface area contributed by atoms with Crippen LogP contribution in [0.4, 0.5) is 5.69 Å². The lowest BCUT2D eigenvalue weighted by molar-refractivity contribution is -0.143. The predicted octanol–water partition coefficient (Wildman–Crippen LogP) is 1.84. The SMILES string of the molecule is O=C(OCC(=O)N1CCCC1=O)c1ccc(NC(=O)c2ccco2)cc1. The second kappa shape index (κ2) is 7.64. The molecular weight excluding hydrogens is 340 g/mol. The molecular formula is C18H16N2O6. The molecule has 134 valence electrons. The number of ether oxygens (including phenoxy) is 1. The number of benzene rings is 1. The predicted molar refractivity (Wildman–Crippen MR) is 89.3 cm³/mol. The molecule has 1 aliphatic heterocycles. The summed E-state index contributed by atoms with van der Waals surface area (Å²) >= 11 is 0. The Morgan fingerprint density at radius 3 is 2.54 bits per heavy atom. The highest BCUT2D eigenvalue weighted by atomic mass is 16.5. The van der Waals surface area contributed by atoms with E-state index in [0.717, 1.165) is 4.90 Å². The van der Waals surface area contributed by atoms with Gasteiger partial charge in [0.05, 0.1) is 11.8 Å². The minimum Gasteiger partial charge on any atom is -0.459 e. The van der Waals surface area contributed by atoms with E-state index in [9.17, 15) is 19.2 Å². The second-order valence-electron chi connectivity index (χ2n) is 5.63. The monoisotopic (exact) mass is 356 g/mol. The lowest BCUT2D eigenvalue weighted by Crippen LogP contribution is -2.35. The number of hydrogen-bond acceptors (Lipinski definition) is 6. The van der Waals surface area contributed by atoms with Gasteiger partial charge in [0.15, 0.2) is 12.4 Å². The maximum atomic E-state index is 12.0. The fourth-order valence-corrected chi connectivity index (χ4v) is 2.49. The highest BCUT2D eigenvalue weighted by Gasteiger charge is 2.27. The van der Waals surface area contributed by atoms with Crippen LogP contribution < -0.4 is 5.32 Å². The molecule has 3 amide bonds. The minimum absolute atomic E-state index is 0.170. The maximum Gasteiger partial charge on any atom is 0.338 e. The van der Waals surface area contributed by atoms with Gasteiger partial charge >= 0.3 is 5.97 Å². The normalized spacial score (nSPS) is 13.5. The van der Waals surface area contributed by atoms with Crippen molar-refractivity contribution >= 4 is 29.4 Å². The van der Waals surface area contributed by atoms with E-state index >= 15 is 0 Å². The van der Waals surface area contributed by atoms with E-state index in [2.05, 4.69) is 5.32 Å². The Morgan fingerprint density at radius 2 is 1.92 bits per heavy atom. The number of likely N-dealkylation sites (tertiary alicyclic amines) is 1. The molecule has 0 aliphatic carbocycles. The van der Waals surface area contributed by atoms with Crippen LogP contribution in [0.3, 0.4) is 0 Å². The summed E-state index contributed by atoms with van der Waals surface area (Å²) in [5, 5.41) is 2.62. The lowest BCUT2D eigenvalue weighted by Gasteiger charge is -2.13. The van der Waals surface area contributed by atoms with E-state index in [-0.39, 0.29) is 17.2 Å². The number of rotatable bonds is 5. The number of nitrogens with zero attached hydrogens (tertiary/aromatic N) is 1. The zero-order chi connectivity index (χ0) is 18.5. The van der Waals surface area contributed by atoms with Crippen LogP contribution in [0.5, 0.6) is 0 Å². The van der Waals surface area contributed by atoms with Crippen molar-refractivity contribution in [1.82, 2.24) is 4.90 Å². The second-order valence-corrected chi connectivity index (χ2v) is 5.63. The molecule has 1 aromatic heterocycles. The van der Waals surface area contributed by atoms with Gasteiger partial charge in [-0.05, 0) is 42.8 Å². The van der Waals surface area contributed by atoms with Gasteiger partial charge in [-0.1, -0.05) is 0 Å². The van der Waals surface area contributed by atoms with Crippen LogP contribution in [-0.4, -0.2) is 41.7 Å². The Hall–Kier alpha value is -3.42. The summed E-state index contributed by atoms with van der Waals surface area (Å²) in [5.74, 6) is -1.70. The molecule has 8 nitrogen and oxygen atoms in total. The first-order valence-electron chi connectivity index (χ1n) is 8.00. The number of amides is 3. The number of hydrogen-bond donors (Lipinski definition) is 1. The van der Waals surface area contributed by atoms with Crippen molar-refractivity contribution in [1.29, 1.82) is 0 Å². The summed E-state index contributed by atoms with van der Waals surface area (Å²) in [4.78, 5) is 48.3. The van der Waals surface area contributed by atoms with Gasteiger partial charge < -0.3 is 14.5 Å². The fourth-order valence-electron chi connectivity index (χ4n) is 2.49. The van der Waals surface area contributed by atoms with E-state index < -0.39 is 24.4 Å². The highest BCUT2D eigenvalue weighted by molar-refractivity contribution is 6.02. The number of carbonyl (C=O) groups is 4. The molecule has 1 aliphatic rings. The van der Waals surface area contributed by atoms with Gasteiger partial charge in [-0.3, -0.25) is 19.3 Å². The van der Waals surface area contributed by atoms with Crippen molar-refractivity contribution in [2.24, 2.45) is 0 Å². The van der Waals surface area contributed by atoms with Crippen molar-refractivity contribution in [3.05, 3.63) is 54.0 Å².